The molecule has 1 aliphatic rings. The van der Waals surface area contributed by atoms with Crippen molar-refractivity contribution in [2.45, 2.75) is 33.7 Å². The number of hydrogen-bond donors (Lipinski definition) is 1. The van der Waals surface area contributed by atoms with E-state index < -0.39 is 0 Å². The molecule has 4 nitrogen and oxygen atoms in total. The summed E-state index contributed by atoms with van der Waals surface area (Å²) in [6.45, 7) is 6.40. The first-order valence-corrected chi connectivity index (χ1v) is 12.5. The fourth-order valence-corrected chi connectivity index (χ4v) is 5.15. The summed E-state index contributed by atoms with van der Waals surface area (Å²) in [6, 6.07) is 16.6. The Bertz CT molecular complexity index is 1550. The van der Waals surface area contributed by atoms with Gasteiger partial charge in [0.15, 0.2) is 5.11 Å². The van der Waals surface area contributed by atoms with Gasteiger partial charge in [0.05, 0.1) is 17.7 Å². The highest BCUT2D eigenvalue weighted by molar-refractivity contribution is 7.80. The van der Waals surface area contributed by atoms with Crippen molar-refractivity contribution < 1.29 is 9.18 Å². The minimum atomic E-state index is -0.347. The molecule has 182 valence electrons. The number of nitrogens with one attached hydrogen (secondary N) is 1. The Labute approximate surface area is 220 Å². The number of anilines is 1. The molecule has 2 heterocycles. The van der Waals surface area contributed by atoms with Crippen molar-refractivity contribution in [3.05, 3.63) is 105 Å². The number of benzene rings is 3. The van der Waals surface area contributed by atoms with E-state index in [1.807, 2.05) is 61.0 Å². The second kappa shape index (κ2) is 9.52. The van der Waals surface area contributed by atoms with Crippen molar-refractivity contribution in [3.8, 4) is 0 Å². The smallest absolute Gasteiger partial charge is 0.281 e. The van der Waals surface area contributed by atoms with Gasteiger partial charge in [0.25, 0.3) is 5.91 Å². The van der Waals surface area contributed by atoms with Gasteiger partial charge in [-0.1, -0.05) is 48.9 Å². The number of carbonyl (C=O) groups is 1. The van der Waals surface area contributed by atoms with E-state index >= 15 is 0 Å². The summed E-state index contributed by atoms with van der Waals surface area (Å²) in [6.07, 6.45) is 4.57. The van der Waals surface area contributed by atoms with Crippen molar-refractivity contribution >= 4 is 57.5 Å². The van der Waals surface area contributed by atoms with Crippen LogP contribution in [-0.2, 0) is 17.8 Å². The van der Waals surface area contributed by atoms with Gasteiger partial charge in [-0.2, -0.15) is 0 Å². The van der Waals surface area contributed by atoms with Crippen molar-refractivity contribution in [1.29, 1.82) is 0 Å². The van der Waals surface area contributed by atoms with E-state index in [2.05, 4.69) is 18.3 Å². The van der Waals surface area contributed by atoms with E-state index in [0.29, 0.717) is 21.4 Å². The summed E-state index contributed by atoms with van der Waals surface area (Å²) < 4.78 is 16.6. The lowest BCUT2D eigenvalue weighted by molar-refractivity contribution is -0.113. The number of para-hydroxylation sites is 1. The summed E-state index contributed by atoms with van der Waals surface area (Å²) >= 11 is 11.9. The number of rotatable bonds is 5. The molecule has 1 aromatic heterocycles. The number of nitrogens with zero attached hydrogens (tertiary/aromatic N) is 2. The molecule has 3 aromatic carbocycles. The number of halogens is 2. The highest BCUT2D eigenvalue weighted by atomic mass is 35.5. The van der Waals surface area contributed by atoms with Crippen LogP contribution in [0.25, 0.3) is 17.0 Å². The van der Waals surface area contributed by atoms with Gasteiger partial charge < -0.3 is 9.88 Å². The third-order valence-corrected chi connectivity index (χ3v) is 7.35. The quantitative estimate of drug-likeness (QED) is 0.230. The Morgan fingerprint density at radius 1 is 1.08 bits per heavy atom. The third kappa shape index (κ3) is 4.21. The molecule has 1 fully saturated rings. The predicted molar refractivity (Wildman–Crippen MR) is 149 cm³/mol. The minimum absolute atomic E-state index is 0.215. The molecule has 1 amide bonds. The van der Waals surface area contributed by atoms with Crippen molar-refractivity contribution in [2.24, 2.45) is 0 Å². The van der Waals surface area contributed by atoms with Gasteiger partial charge >= 0.3 is 0 Å². The number of aryl methyl sites for hydroxylation is 3. The zero-order chi connectivity index (χ0) is 25.6. The summed E-state index contributed by atoms with van der Waals surface area (Å²) in [5.74, 6) is -0.562. The number of amides is 1. The lowest BCUT2D eigenvalue weighted by Gasteiger charge is -2.15. The maximum Gasteiger partial charge on any atom is 0.281 e. The second-order valence-corrected chi connectivity index (χ2v) is 9.77. The zero-order valence-electron chi connectivity index (χ0n) is 20.2. The average Bonchev–Trinajstić information content (AvgIpc) is 3.34. The Kier molecular flexibility index (Phi) is 6.41. The molecule has 7 heteroatoms. The molecule has 0 spiro atoms. The fourth-order valence-electron chi connectivity index (χ4n) is 4.63. The van der Waals surface area contributed by atoms with E-state index in [9.17, 15) is 9.18 Å². The predicted octanol–water partition coefficient (Wildman–Crippen LogP) is 6.92. The first-order valence-electron chi connectivity index (χ1n) is 11.8. The van der Waals surface area contributed by atoms with Crippen LogP contribution in [0.3, 0.4) is 0 Å². The van der Waals surface area contributed by atoms with E-state index in [-0.39, 0.29) is 18.3 Å². The Balaban J connectivity index is 1.59. The molecular weight excluding hydrogens is 493 g/mol. The maximum absolute atomic E-state index is 14.6. The molecule has 0 saturated carbocycles. The van der Waals surface area contributed by atoms with E-state index in [0.717, 1.165) is 45.3 Å². The summed E-state index contributed by atoms with van der Waals surface area (Å²) in [5.41, 5.74) is 6.74. The van der Waals surface area contributed by atoms with E-state index in [1.165, 1.54) is 11.0 Å². The van der Waals surface area contributed by atoms with Crippen molar-refractivity contribution in [1.82, 2.24) is 9.88 Å². The van der Waals surface area contributed by atoms with Crippen LogP contribution in [0.4, 0.5) is 10.1 Å². The molecule has 0 atom stereocenters. The molecule has 1 N–H and O–H groups in total. The van der Waals surface area contributed by atoms with Crippen LogP contribution in [0.2, 0.25) is 5.02 Å². The van der Waals surface area contributed by atoms with Gasteiger partial charge in [0, 0.05) is 27.7 Å². The molecule has 1 saturated heterocycles. The Morgan fingerprint density at radius 3 is 2.58 bits per heavy atom. The van der Waals surface area contributed by atoms with Crippen LogP contribution in [0, 0.1) is 19.7 Å². The Morgan fingerprint density at radius 2 is 1.86 bits per heavy atom. The molecular formula is C29H25ClFN3OS. The van der Waals surface area contributed by atoms with Gasteiger partial charge in [-0.05, 0) is 79.5 Å². The second-order valence-electron chi connectivity index (χ2n) is 8.98. The number of hydrogen-bond acceptors (Lipinski definition) is 2. The van der Waals surface area contributed by atoms with Crippen LogP contribution in [0.15, 0.2) is 66.5 Å². The third-order valence-electron chi connectivity index (χ3n) is 6.71. The molecule has 5 rings (SSSR count). The van der Waals surface area contributed by atoms with Crippen LogP contribution in [-0.4, -0.2) is 15.6 Å². The minimum Gasteiger partial charge on any atom is -0.342 e. The Hall–Kier alpha value is -3.48. The van der Waals surface area contributed by atoms with Gasteiger partial charge in [-0.25, -0.2) is 4.39 Å². The van der Waals surface area contributed by atoms with E-state index in [1.54, 1.807) is 12.1 Å². The van der Waals surface area contributed by atoms with Gasteiger partial charge in [0.2, 0.25) is 0 Å². The highest BCUT2D eigenvalue weighted by Gasteiger charge is 2.32. The molecule has 0 bridgehead atoms. The fraction of sp³-hybridized carbons (Fsp3) is 0.172. The molecule has 0 unspecified atom stereocenters. The summed E-state index contributed by atoms with van der Waals surface area (Å²) in [5, 5.41) is 4.78. The monoisotopic (exact) mass is 517 g/mol. The number of fused-ring (bicyclic) bond motifs is 1. The molecule has 0 aliphatic carbocycles. The normalized spacial score (nSPS) is 14.8. The lowest BCUT2D eigenvalue weighted by atomic mass is 10.1. The van der Waals surface area contributed by atoms with E-state index in [4.69, 9.17) is 23.8 Å². The van der Waals surface area contributed by atoms with Gasteiger partial charge in [-0.15, -0.1) is 0 Å². The molecule has 1 aliphatic heterocycles. The number of thiocarbonyl (C=S) groups is 1. The zero-order valence-corrected chi connectivity index (χ0v) is 21.8. The van der Waals surface area contributed by atoms with Crippen LogP contribution >= 0.6 is 23.8 Å². The first kappa shape index (κ1) is 24.2. The maximum atomic E-state index is 14.6. The molecule has 36 heavy (non-hydrogen) atoms. The average molecular weight is 518 g/mol. The van der Waals surface area contributed by atoms with Crippen LogP contribution < -0.4 is 10.2 Å². The topological polar surface area (TPSA) is 37.3 Å². The van der Waals surface area contributed by atoms with Gasteiger partial charge in [-0.3, -0.25) is 9.69 Å². The SMILES string of the molecule is CCc1cccc2c(/C=C3\NC(=S)N(c4ccc(C)c(C)c4)C3=O)cn(Cc3c(F)cccc3Cl)c12. The summed E-state index contributed by atoms with van der Waals surface area (Å²) in [4.78, 5) is 14.9. The highest BCUT2D eigenvalue weighted by Crippen LogP contribution is 2.31. The number of carbonyl (C=O) groups excluding carboxylic acids is 1. The lowest BCUT2D eigenvalue weighted by Crippen LogP contribution is -2.30. The molecule has 4 aromatic rings. The first-order chi connectivity index (χ1) is 17.3. The number of aromatic nitrogens is 1. The molecule has 0 radical (unpaired) electrons. The summed E-state index contributed by atoms with van der Waals surface area (Å²) in [7, 11) is 0. The van der Waals surface area contributed by atoms with Crippen molar-refractivity contribution in [3.63, 3.8) is 0 Å². The standard InChI is InChI=1S/C29H25ClFN3OS/c1-4-19-7-5-8-22-20(15-33(27(19)22)16-23-24(30)9-6-10-25(23)31)14-26-28(35)34(29(36)32-26)21-12-11-17(2)18(3)13-21/h5-15H,4,16H2,1-3H3,(H,32,36)/b26-14-. The largest absolute Gasteiger partial charge is 0.342 e. The van der Waals surface area contributed by atoms with Gasteiger partial charge in [0.1, 0.15) is 11.5 Å². The van der Waals surface area contributed by atoms with Crippen LogP contribution in [0.5, 0.6) is 0 Å². The van der Waals surface area contributed by atoms with Crippen molar-refractivity contribution in [2.75, 3.05) is 4.90 Å². The van der Waals surface area contributed by atoms with Crippen LogP contribution in [0.1, 0.15) is 34.7 Å².